The topological polar surface area (TPSA) is 65.5 Å². The number of carbonyl (C=O) groups excluding carboxylic acids is 2. The van der Waals surface area contributed by atoms with E-state index in [1.54, 1.807) is 18.3 Å². The van der Waals surface area contributed by atoms with Gasteiger partial charge in [0.25, 0.3) is 5.91 Å². The standard InChI is InChI=1S/C28H29FN4O2/c29-20-9-8-13-23(17-20)33(26(34)19-30-18-21-10-6-7-16-31-21)27-24-14-4-5-15-25(24)32(28(27)35)22-11-2-1-3-12-22/h4-10,13-17,22,27,30H,1-3,11-12,18-19H2. The Morgan fingerprint density at radius 1 is 1.03 bits per heavy atom. The molecule has 2 aliphatic rings. The van der Waals surface area contributed by atoms with E-state index in [1.165, 1.54) is 23.5 Å². The highest BCUT2D eigenvalue weighted by Gasteiger charge is 2.45. The van der Waals surface area contributed by atoms with Crippen LogP contribution in [0.4, 0.5) is 15.8 Å². The summed E-state index contributed by atoms with van der Waals surface area (Å²) in [5.41, 5.74) is 2.81. The van der Waals surface area contributed by atoms with Crippen molar-refractivity contribution in [3.63, 3.8) is 0 Å². The molecule has 7 heteroatoms. The molecule has 0 saturated heterocycles. The number of pyridine rings is 1. The van der Waals surface area contributed by atoms with Crippen LogP contribution in [0.2, 0.25) is 0 Å². The fraction of sp³-hybridized carbons (Fsp3) is 0.321. The molecule has 1 aliphatic heterocycles. The zero-order chi connectivity index (χ0) is 24.2. The van der Waals surface area contributed by atoms with Crippen LogP contribution < -0.4 is 15.1 Å². The zero-order valence-corrected chi connectivity index (χ0v) is 19.6. The fourth-order valence-electron chi connectivity index (χ4n) is 5.24. The molecule has 180 valence electrons. The highest BCUT2D eigenvalue weighted by Crippen LogP contribution is 2.44. The Hall–Kier alpha value is -3.58. The van der Waals surface area contributed by atoms with Crippen LogP contribution in [0.1, 0.15) is 49.4 Å². The van der Waals surface area contributed by atoms with Gasteiger partial charge in [-0.25, -0.2) is 4.39 Å². The van der Waals surface area contributed by atoms with Crippen LogP contribution >= 0.6 is 0 Å². The van der Waals surface area contributed by atoms with E-state index in [9.17, 15) is 14.0 Å². The van der Waals surface area contributed by atoms with Gasteiger partial charge in [0.15, 0.2) is 0 Å². The maximum atomic E-state index is 14.3. The molecule has 35 heavy (non-hydrogen) atoms. The number of rotatable bonds is 7. The van der Waals surface area contributed by atoms with Crippen molar-refractivity contribution in [3.05, 3.63) is 90.0 Å². The molecule has 1 aromatic heterocycles. The molecule has 0 radical (unpaired) electrons. The summed E-state index contributed by atoms with van der Waals surface area (Å²) >= 11 is 0. The van der Waals surface area contributed by atoms with Gasteiger partial charge in [-0.2, -0.15) is 0 Å². The summed E-state index contributed by atoms with van der Waals surface area (Å²) in [6, 6.07) is 18.4. The fourth-order valence-corrected chi connectivity index (χ4v) is 5.24. The van der Waals surface area contributed by atoms with Crippen LogP contribution in [-0.4, -0.2) is 29.4 Å². The highest BCUT2D eigenvalue weighted by atomic mass is 19.1. The predicted molar refractivity (Wildman–Crippen MR) is 133 cm³/mol. The number of anilines is 2. The third kappa shape index (κ3) is 4.82. The largest absolute Gasteiger partial charge is 0.307 e. The van der Waals surface area contributed by atoms with Crippen molar-refractivity contribution in [1.82, 2.24) is 10.3 Å². The van der Waals surface area contributed by atoms with Gasteiger partial charge in [-0.15, -0.1) is 0 Å². The number of aromatic nitrogens is 1. The molecule has 1 aliphatic carbocycles. The molecule has 1 atom stereocenters. The number of halogens is 1. The molecule has 2 amide bonds. The number of hydrogen-bond donors (Lipinski definition) is 1. The summed E-state index contributed by atoms with van der Waals surface area (Å²) in [7, 11) is 0. The van der Waals surface area contributed by atoms with Crippen LogP contribution in [0.5, 0.6) is 0 Å². The van der Waals surface area contributed by atoms with E-state index < -0.39 is 11.9 Å². The van der Waals surface area contributed by atoms with Crippen LogP contribution in [0.15, 0.2) is 72.9 Å². The molecule has 1 fully saturated rings. The van der Waals surface area contributed by atoms with Gasteiger partial charge in [0, 0.05) is 35.7 Å². The van der Waals surface area contributed by atoms with Gasteiger partial charge in [0.05, 0.1) is 12.2 Å². The molecule has 3 aromatic rings. The van der Waals surface area contributed by atoms with Gasteiger partial charge in [0.1, 0.15) is 11.9 Å². The lowest BCUT2D eigenvalue weighted by Crippen LogP contribution is -2.47. The van der Waals surface area contributed by atoms with Crippen molar-refractivity contribution in [3.8, 4) is 0 Å². The Morgan fingerprint density at radius 2 is 1.83 bits per heavy atom. The monoisotopic (exact) mass is 472 g/mol. The van der Waals surface area contributed by atoms with Gasteiger partial charge in [0.2, 0.25) is 5.91 Å². The molecule has 5 rings (SSSR count). The third-order valence-electron chi connectivity index (χ3n) is 6.82. The summed E-state index contributed by atoms with van der Waals surface area (Å²) in [6.07, 6.45) is 6.96. The normalized spacial score (nSPS) is 17.9. The van der Waals surface area contributed by atoms with Crippen molar-refractivity contribution in [2.45, 2.75) is 50.7 Å². The Labute approximate surface area is 204 Å². The minimum absolute atomic E-state index is 0.0114. The van der Waals surface area contributed by atoms with Crippen LogP contribution in [0, 0.1) is 5.82 Å². The number of amides is 2. The van der Waals surface area contributed by atoms with Gasteiger partial charge in [-0.3, -0.25) is 19.5 Å². The van der Waals surface area contributed by atoms with Gasteiger partial charge < -0.3 is 10.2 Å². The molecule has 0 spiro atoms. The summed E-state index contributed by atoms with van der Waals surface area (Å²) in [5.74, 6) is -0.879. The summed E-state index contributed by atoms with van der Waals surface area (Å²) in [4.78, 5) is 35.2. The van der Waals surface area contributed by atoms with E-state index in [4.69, 9.17) is 0 Å². The maximum Gasteiger partial charge on any atom is 0.255 e. The third-order valence-corrected chi connectivity index (χ3v) is 6.82. The second-order valence-electron chi connectivity index (χ2n) is 9.13. The van der Waals surface area contributed by atoms with E-state index in [1.807, 2.05) is 47.4 Å². The van der Waals surface area contributed by atoms with Crippen molar-refractivity contribution >= 4 is 23.2 Å². The first-order valence-corrected chi connectivity index (χ1v) is 12.2. The molecular formula is C28H29FN4O2. The first-order valence-electron chi connectivity index (χ1n) is 12.2. The van der Waals surface area contributed by atoms with E-state index in [0.717, 1.165) is 42.6 Å². The number of para-hydroxylation sites is 1. The number of hydrogen-bond acceptors (Lipinski definition) is 4. The van der Waals surface area contributed by atoms with Crippen LogP contribution in [0.3, 0.4) is 0 Å². The Balaban J connectivity index is 1.47. The Kier molecular flexibility index (Phi) is 6.86. The SMILES string of the molecule is O=C1C(N(C(=O)CNCc2ccccn2)c2cccc(F)c2)c2ccccc2N1C1CCCCC1. The molecule has 2 heterocycles. The van der Waals surface area contributed by atoms with Gasteiger partial charge >= 0.3 is 0 Å². The summed E-state index contributed by atoms with van der Waals surface area (Å²) in [6.45, 7) is 0.398. The second kappa shape index (κ2) is 10.4. The average Bonchev–Trinajstić information content (AvgIpc) is 3.17. The van der Waals surface area contributed by atoms with Crippen LogP contribution in [-0.2, 0) is 16.1 Å². The van der Waals surface area contributed by atoms with Crippen molar-refractivity contribution < 1.29 is 14.0 Å². The molecule has 0 bridgehead atoms. The number of nitrogens with zero attached hydrogens (tertiary/aromatic N) is 3. The van der Waals surface area contributed by atoms with E-state index in [0.29, 0.717) is 12.2 Å². The predicted octanol–water partition coefficient (Wildman–Crippen LogP) is 4.76. The van der Waals surface area contributed by atoms with Crippen molar-refractivity contribution in [2.75, 3.05) is 16.3 Å². The lowest BCUT2D eigenvalue weighted by Gasteiger charge is -2.33. The minimum Gasteiger partial charge on any atom is -0.307 e. The number of nitrogens with one attached hydrogen (secondary N) is 1. The smallest absolute Gasteiger partial charge is 0.255 e. The van der Waals surface area contributed by atoms with E-state index in [-0.39, 0.29) is 24.4 Å². The Bertz CT molecular complexity index is 1200. The highest BCUT2D eigenvalue weighted by molar-refractivity contribution is 6.12. The lowest BCUT2D eigenvalue weighted by atomic mass is 9.94. The molecule has 1 N–H and O–H groups in total. The van der Waals surface area contributed by atoms with Gasteiger partial charge in [-0.1, -0.05) is 49.6 Å². The Morgan fingerprint density at radius 3 is 2.60 bits per heavy atom. The number of carbonyl (C=O) groups is 2. The summed E-state index contributed by atoms with van der Waals surface area (Å²) < 4.78 is 14.3. The molecule has 2 aromatic carbocycles. The molecule has 6 nitrogen and oxygen atoms in total. The summed E-state index contributed by atoms with van der Waals surface area (Å²) in [5, 5.41) is 3.13. The number of fused-ring (bicyclic) bond motifs is 1. The minimum atomic E-state index is -0.834. The molecule has 1 unspecified atom stereocenters. The molecular weight excluding hydrogens is 443 g/mol. The maximum absolute atomic E-state index is 14.3. The zero-order valence-electron chi connectivity index (χ0n) is 19.6. The van der Waals surface area contributed by atoms with Crippen molar-refractivity contribution in [1.29, 1.82) is 0 Å². The second-order valence-corrected chi connectivity index (χ2v) is 9.13. The van der Waals surface area contributed by atoms with Crippen molar-refractivity contribution in [2.24, 2.45) is 0 Å². The first-order chi connectivity index (χ1) is 17.1. The van der Waals surface area contributed by atoms with Gasteiger partial charge in [-0.05, 0) is 49.2 Å². The van der Waals surface area contributed by atoms with E-state index in [2.05, 4.69) is 10.3 Å². The lowest BCUT2D eigenvalue weighted by molar-refractivity contribution is -0.124. The first kappa shape index (κ1) is 23.2. The quantitative estimate of drug-likeness (QED) is 0.538. The van der Waals surface area contributed by atoms with E-state index >= 15 is 0 Å². The average molecular weight is 473 g/mol. The molecule has 1 saturated carbocycles. The number of benzene rings is 2. The van der Waals surface area contributed by atoms with Crippen LogP contribution in [0.25, 0.3) is 0 Å².